The van der Waals surface area contributed by atoms with Crippen LogP contribution < -0.4 is 5.32 Å². The van der Waals surface area contributed by atoms with Gasteiger partial charge in [-0.05, 0) is 39.8 Å². The molecule has 3 nitrogen and oxygen atoms in total. The number of likely N-dealkylation sites (tertiary alicyclic amines) is 1. The first-order chi connectivity index (χ1) is 7.22. The highest BCUT2D eigenvalue weighted by atomic mass is 16.1. The fourth-order valence-electron chi connectivity index (χ4n) is 1.78. The molecule has 1 amide bonds. The summed E-state index contributed by atoms with van der Waals surface area (Å²) < 4.78 is 0. The van der Waals surface area contributed by atoms with Crippen LogP contribution in [-0.4, -0.2) is 37.0 Å². The predicted octanol–water partition coefficient (Wildman–Crippen LogP) is 1.55. The number of allylic oxidation sites excluding steroid dienone is 1. The standard InChI is InChI=1S/C12H22N2O/c1-3-11(2)10-12(15)13-6-9-14-7-4-5-8-14/h3H,4-10H2,1-2H3,(H,13,15). The first kappa shape index (κ1) is 12.2. The Hall–Kier alpha value is -0.830. The van der Waals surface area contributed by atoms with Crippen molar-refractivity contribution in [1.29, 1.82) is 0 Å². The zero-order chi connectivity index (χ0) is 11.1. The van der Waals surface area contributed by atoms with Crippen molar-refractivity contribution in [1.82, 2.24) is 10.2 Å². The Kier molecular flexibility index (Phi) is 5.40. The summed E-state index contributed by atoms with van der Waals surface area (Å²) in [5.41, 5.74) is 1.13. The Morgan fingerprint density at radius 2 is 2.07 bits per heavy atom. The summed E-state index contributed by atoms with van der Waals surface area (Å²) in [7, 11) is 0. The van der Waals surface area contributed by atoms with Gasteiger partial charge in [0.15, 0.2) is 0 Å². The molecule has 0 aromatic heterocycles. The van der Waals surface area contributed by atoms with Crippen LogP contribution in [0.15, 0.2) is 11.6 Å². The molecule has 1 fully saturated rings. The molecule has 0 aliphatic carbocycles. The largest absolute Gasteiger partial charge is 0.355 e. The van der Waals surface area contributed by atoms with Gasteiger partial charge >= 0.3 is 0 Å². The summed E-state index contributed by atoms with van der Waals surface area (Å²) in [6, 6.07) is 0. The van der Waals surface area contributed by atoms with Crippen molar-refractivity contribution in [2.75, 3.05) is 26.2 Å². The molecule has 1 aliphatic heterocycles. The minimum absolute atomic E-state index is 0.143. The molecule has 3 heteroatoms. The van der Waals surface area contributed by atoms with Crippen molar-refractivity contribution in [2.45, 2.75) is 33.1 Å². The van der Waals surface area contributed by atoms with E-state index in [-0.39, 0.29) is 5.91 Å². The zero-order valence-electron chi connectivity index (χ0n) is 9.88. The van der Waals surface area contributed by atoms with Crippen molar-refractivity contribution in [3.8, 4) is 0 Å². The highest BCUT2D eigenvalue weighted by Gasteiger charge is 2.10. The average Bonchev–Trinajstić information content (AvgIpc) is 2.70. The van der Waals surface area contributed by atoms with Crippen LogP contribution in [0.4, 0.5) is 0 Å². The van der Waals surface area contributed by atoms with Crippen molar-refractivity contribution in [3.63, 3.8) is 0 Å². The van der Waals surface area contributed by atoms with E-state index in [1.165, 1.54) is 25.9 Å². The monoisotopic (exact) mass is 210 g/mol. The number of carbonyl (C=O) groups excluding carboxylic acids is 1. The normalized spacial score (nSPS) is 18.1. The van der Waals surface area contributed by atoms with E-state index in [0.29, 0.717) is 6.42 Å². The molecule has 0 aromatic rings. The van der Waals surface area contributed by atoms with Gasteiger partial charge in [-0.1, -0.05) is 11.6 Å². The summed E-state index contributed by atoms with van der Waals surface area (Å²) in [4.78, 5) is 13.8. The van der Waals surface area contributed by atoms with Crippen LogP contribution >= 0.6 is 0 Å². The lowest BCUT2D eigenvalue weighted by atomic mass is 10.2. The van der Waals surface area contributed by atoms with Crippen LogP contribution in [0.3, 0.4) is 0 Å². The molecule has 0 bridgehead atoms. The Labute approximate surface area is 92.5 Å². The minimum Gasteiger partial charge on any atom is -0.355 e. The lowest BCUT2D eigenvalue weighted by Gasteiger charge is -2.14. The highest BCUT2D eigenvalue weighted by Crippen LogP contribution is 2.05. The van der Waals surface area contributed by atoms with Gasteiger partial charge in [-0.25, -0.2) is 0 Å². The maximum Gasteiger partial charge on any atom is 0.224 e. The molecule has 1 saturated heterocycles. The Bertz CT molecular complexity index is 230. The Balaban J connectivity index is 2.06. The molecule has 1 aliphatic rings. The van der Waals surface area contributed by atoms with Crippen molar-refractivity contribution >= 4 is 5.91 Å². The summed E-state index contributed by atoms with van der Waals surface area (Å²) in [6.45, 7) is 8.14. The second-order valence-electron chi connectivity index (χ2n) is 4.21. The van der Waals surface area contributed by atoms with Gasteiger partial charge in [0.2, 0.25) is 5.91 Å². The molecule has 1 N–H and O–H groups in total. The van der Waals surface area contributed by atoms with Crippen LogP contribution in [0, 0.1) is 0 Å². The van der Waals surface area contributed by atoms with Crippen LogP contribution in [0.1, 0.15) is 33.1 Å². The first-order valence-electron chi connectivity index (χ1n) is 5.83. The van der Waals surface area contributed by atoms with E-state index < -0.39 is 0 Å². The van der Waals surface area contributed by atoms with Crippen LogP contribution in [0.2, 0.25) is 0 Å². The molecular weight excluding hydrogens is 188 g/mol. The third-order valence-corrected chi connectivity index (χ3v) is 2.88. The predicted molar refractivity (Wildman–Crippen MR) is 62.7 cm³/mol. The van der Waals surface area contributed by atoms with Gasteiger partial charge in [0.05, 0.1) is 0 Å². The number of carbonyl (C=O) groups is 1. The van der Waals surface area contributed by atoms with Gasteiger partial charge in [-0.2, -0.15) is 0 Å². The molecule has 0 saturated carbocycles. The molecule has 0 spiro atoms. The fraction of sp³-hybridized carbons (Fsp3) is 0.750. The average molecular weight is 210 g/mol. The van der Waals surface area contributed by atoms with Crippen LogP contribution in [-0.2, 0) is 4.79 Å². The second-order valence-corrected chi connectivity index (χ2v) is 4.21. The third kappa shape index (κ3) is 4.98. The number of amides is 1. The summed E-state index contributed by atoms with van der Waals surface area (Å²) in [5, 5.41) is 2.95. The highest BCUT2D eigenvalue weighted by molar-refractivity contribution is 5.78. The summed E-state index contributed by atoms with van der Waals surface area (Å²) in [6.07, 6.45) is 5.15. The molecule has 0 aromatic carbocycles. The van der Waals surface area contributed by atoms with Crippen LogP contribution in [0.25, 0.3) is 0 Å². The lowest BCUT2D eigenvalue weighted by Crippen LogP contribution is -2.33. The van der Waals surface area contributed by atoms with Gasteiger partial charge in [0.25, 0.3) is 0 Å². The number of hydrogen-bond donors (Lipinski definition) is 1. The zero-order valence-corrected chi connectivity index (χ0v) is 9.88. The molecule has 0 atom stereocenters. The van der Waals surface area contributed by atoms with Gasteiger partial charge in [0, 0.05) is 19.5 Å². The number of hydrogen-bond acceptors (Lipinski definition) is 2. The quantitative estimate of drug-likeness (QED) is 0.698. The van der Waals surface area contributed by atoms with Crippen molar-refractivity contribution in [3.05, 3.63) is 11.6 Å². The van der Waals surface area contributed by atoms with E-state index in [1.807, 2.05) is 19.9 Å². The third-order valence-electron chi connectivity index (χ3n) is 2.88. The summed E-state index contributed by atoms with van der Waals surface area (Å²) >= 11 is 0. The summed E-state index contributed by atoms with van der Waals surface area (Å²) in [5.74, 6) is 0.143. The molecule has 1 heterocycles. The number of rotatable bonds is 5. The topological polar surface area (TPSA) is 32.3 Å². The smallest absolute Gasteiger partial charge is 0.224 e. The maximum atomic E-state index is 11.4. The fourth-order valence-corrected chi connectivity index (χ4v) is 1.78. The minimum atomic E-state index is 0.143. The van der Waals surface area contributed by atoms with E-state index in [9.17, 15) is 4.79 Å². The number of nitrogens with zero attached hydrogens (tertiary/aromatic N) is 1. The van der Waals surface area contributed by atoms with Gasteiger partial charge in [-0.3, -0.25) is 4.79 Å². The van der Waals surface area contributed by atoms with Gasteiger partial charge in [-0.15, -0.1) is 0 Å². The number of nitrogens with one attached hydrogen (secondary N) is 1. The lowest BCUT2D eigenvalue weighted by molar-refractivity contribution is -0.120. The van der Waals surface area contributed by atoms with E-state index in [1.54, 1.807) is 0 Å². The van der Waals surface area contributed by atoms with Crippen molar-refractivity contribution < 1.29 is 4.79 Å². The molecule has 15 heavy (non-hydrogen) atoms. The van der Waals surface area contributed by atoms with Gasteiger partial charge in [0.1, 0.15) is 0 Å². The first-order valence-corrected chi connectivity index (χ1v) is 5.83. The molecule has 0 radical (unpaired) electrons. The van der Waals surface area contributed by atoms with E-state index in [0.717, 1.165) is 18.7 Å². The van der Waals surface area contributed by atoms with E-state index in [2.05, 4.69) is 10.2 Å². The van der Waals surface area contributed by atoms with E-state index >= 15 is 0 Å². The SMILES string of the molecule is CC=C(C)CC(=O)NCCN1CCCC1. The maximum absolute atomic E-state index is 11.4. The Morgan fingerprint density at radius 3 is 2.67 bits per heavy atom. The molecular formula is C12H22N2O. The van der Waals surface area contributed by atoms with Crippen LogP contribution in [0.5, 0.6) is 0 Å². The second kappa shape index (κ2) is 6.62. The molecule has 86 valence electrons. The molecule has 1 rings (SSSR count). The van der Waals surface area contributed by atoms with Crippen molar-refractivity contribution in [2.24, 2.45) is 0 Å². The Morgan fingerprint density at radius 1 is 1.40 bits per heavy atom. The molecule has 0 unspecified atom stereocenters. The van der Waals surface area contributed by atoms with E-state index in [4.69, 9.17) is 0 Å². The van der Waals surface area contributed by atoms with Gasteiger partial charge < -0.3 is 10.2 Å².